The molecule has 0 aliphatic carbocycles. The fraction of sp³-hybridized carbons (Fsp3) is 0.0526. The number of fused-ring (bicyclic) bond motifs is 1. The molecule has 0 radical (unpaired) electrons. The van der Waals surface area contributed by atoms with Gasteiger partial charge < -0.3 is 15.5 Å². The zero-order valence-electron chi connectivity index (χ0n) is 12.6. The molecule has 0 fully saturated rings. The van der Waals surface area contributed by atoms with E-state index in [-0.39, 0.29) is 11.5 Å². The van der Waals surface area contributed by atoms with Crippen molar-refractivity contribution in [2.75, 3.05) is 11.9 Å². The predicted octanol–water partition coefficient (Wildman–Crippen LogP) is 5.63. The number of phenols is 1. The van der Waals surface area contributed by atoms with Crippen LogP contribution in [-0.4, -0.2) is 16.8 Å². The number of anilines is 1. The number of para-hydroxylation sites is 1. The van der Waals surface area contributed by atoms with Crippen molar-refractivity contribution in [1.29, 1.82) is 0 Å². The first kappa shape index (κ1) is 15.1. The van der Waals surface area contributed by atoms with E-state index in [1.807, 2.05) is 36.4 Å². The number of aliphatic hydroxyl groups is 1. The van der Waals surface area contributed by atoms with E-state index in [0.717, 1.165) is 16.1 Å². The summed E-state index contributed by atoms with van der Waals surface area (Å²) in [6, 6.07) is 16.8. The normalized spacial score (nSPS) is 13.5. The third kappa shape index (κ3) is 2.35. The molecule has 1 aromatic heterocycles. The van der Waals surface area contributed by atoms with Crippen LogP contribution in [0.1, 0.15) is 11.1 Å². The highest BCUT2D eigenvalue weighted by atomic mass is 35.5. The Balaban J connectivity index is 1.95. The van der Waals surface area contributed by atoms with Crippen LogP contribution in [0.25, 0.3) is 22.5 Å². The van der Waals surface area contributed by atoms with Crippen LogP contribution >= 0.6 is 22.9 Å². The highest BCUT2D eigenvalue weighted by Crippen LogP contribution is 2.49. The molecule has 0 atom stereocenters. The number of aromatic hydroxyl groups is 1. The number of thiophene rings is 1. The number of nitrogens with one attached hydrogen (secondary N) is 1. The minimum atomic E-state index is 0.145. The summed E-state index contributed by atoms with van der Waals surface area (Å²) in [5, 5.41) is 25.2. The van der Waals surface area contributed by atoms with Gasteiger partial charge in [-0.1, -0.05) is 60.1 Å². The lowest BCUT2D eigenvalue weighted by Crippen LogP contribution is -2.12. The second-order valence-corrected chi connectivity index (χ2v) is 7.14. The molecule has 0 saturated heterocycles. The first-order chi connectivity index (χ1) is 11.7. The van der Waals surface area contributed by atoms with Gasteiger partial charge in [-0.15, -0.1) is 11.3 Å². The third-order valence-electron chi connectivity index (χ3n) is 4.11. The summed E-state index contributed by atoms with van der Waals surface area (Å²) in [5.41, 5.74) is 3.74. The van der Waals surface area contributed by atoms with Crippen LogP contribution in [-0.2, 0) is 0 Å². The standard InChI is InChI=1S/C19H14ClNO2S/c20-18-15(11-6-2-1-3-7-11)16-17(23)13(10-21-19(16)24-18)12-8-4-5-9-14(12)22/h1-9,21-23H,10H2. The van der Waals surface area contributed by atoms with E-state index in [1.165, 1.54) is 11.3 Å². The Morgan fingerprint density at radius 3 is 2.38 bits per heavy atom. The number of aliphatic hydroxyl groups excluding tert-OH is 1. The van der Waals surface area contributed by atoms with Gasteiger partial charge in [0.2, 0.25) is 0 Å². The zero-order valence-corrected chi connectivity index (χ0v) is 14.2. The van der Waals surface area contributed by atoms with Gasteiger partial charge in [-0.05, 0) is 11.6 Å². The van der Waals surface area contributed by atoms with Crippen molar-refractivity contribution >= 4 is 39.3 Å². The van der Waals surface area contributed by atoms with E-state index in [4.69, 9.17) is 11.6 Å². The summed E-state index contributed by atoms with van der Waals surface area (Å²) >= 11 is 7.87. The summed E-state index contributed by atoms with van der Waals surface area (Å²) < 4.78 is 0.629. The molecule has 2 aromatic carbocycles. The van der Waals surface area contributed by atoms with Gasteiger partial charge in [-0.25, -0.2) is 0 Å². The van der Waals surface area contributed by atoms with Gasteiger partial charge in [-0.3, -0.25) is 0 Å². The van der Waals surface area contributed by atoms with Crippen molar-refractivity contribution in [3.63, 3.8) is 0 Å². The van der Waals surface area contributed by atoms with Gasteiger partial charge in [-0.2, -0.15) is 0 Å². The molecule has 120 valence electrons. The van der Waals surface area contributed by atoms with E-state index < -0.39 is 0 Å². The molecule has 3 aromatic rings. The molecule has 0 bridgehead atoms. The maximum Gasteiger partial charge on any atom is 0.132 e. The van der Waals surface area contributed by atoms with Crippen LogP contribution < -0.4 is 5.32 Å². The Morgan fingerprint density at radius 1 is 0.917 bits per heavy atom. The Kier molecular flexibility index (Phi) is 3.71. The van der Waals surface area contributed by atoms with E-state index >= 15 is 0 Å². The second kappa shape index (κ2) is 5.89. The molecule has 4 rings (SSSR count). The number of benzene rings is 2. The van der Waals surface area contributed by atoms with Crippen LogP contribution in [0, 0.1) is 0 Å². The molecule has 0 saturated carbocycles. The monoisotopic (exact) mass is 355 g/mol. The molecule has 3 N–H and O–H groups in total. The molecule has 0 spiro atoms. The molecule has 5 heteroatoms. The highest BCUT2D eigenvalue weighted by Gasteiger charge is 2.28. The fourth-order valence-electron chi connectivity index (χ4n) is 2.97. The number of phenolic OH excluding ortho intramolecular Hbond substituents is 1. The van der Waals surface area contributed by atoms with Crippen molar-refractivity contribution < 1.29 is 10.2 Å². The molecule has 1 aliphatic heterocycles. The SMILES string of the molecule is OC1=C(c2ccccc2O)CNc2sc(Cl)c(-c3ccccc3)c21. The number of halogens is 1. The summed E-state index contributed by atoms with van der Waals surface area (Å²) in [5.74, 6) is 0.305. The molecule has 3 nitrogen and oxygen atoms in total. The summed E-state index contributed by atoms with van der Waals surface area (Å²) in [6.45, 7) is 0.432. The first-order valence-electron chi connectivity index (χ1n) is 7.49. The topological polar surface area (TPSA) is 52.5 Å². The van der Waals surface area contributed by atoms with E-state index in [9.17, 15) is 10.2 Å². The first-order valence-corrected chi connectivity index (χ1v) is 8.68. The lowest BCUT2D eigenvalue weighted by atomic mass is 9.94. The van der Waals surface area contributed by atoms with Crippen LogP contribution in [0.4, 0.5) is 5.00 Å². The maximum atomic E-state index is 10.9. The Labute approximate surface area is 148 Å². The van der Waals surface area contributed by atoms with Gasteiger partial charge in [0.15, 0.2) is 0 Å². The Morgan fingerprint density at radius 2 is 1.62 bits per heavy atom. The minimum absolute atomic E-state index is 0.145. The van der Waals surface area contributed by atoms with Crippen molar-refractivity contribution in [3.8, 4) is 16.9 Å². The largest absolute Gasteiger partial charge is 0.507 e. The molecular weight excluding hydrogens is 342 g/mol. The summed E-state index contributed by atoms with van der Waals surface area (Å²) in [4.78, 5) is 0. The lowest BCUT2D eigenvalue weighted by molar-refractivity contribution is 0.472. The molecule has 1 aliphatic rings. The van der Waals surface area contributed by atoms with Gasteiger partial charge in [0, 0.05) is 23.2 Å². The maximum absolute atomic E-state index is 10.9. The van der Waals surface area contributed by atoms with Gasteiger partial charge in [0.25, 0.3) is 0 Å². The molecule has 2 heterocycles. The molecular formula is C19H14ClNO2S. The zero-order chi connectivity index (χ0) is 16.7. The number of hydrogen-bond donors (Lipinski definition) is 3. The third-order valence-corrected chi connectivity index (χ3v) is 5.46. The number of rotatable bonds is 2. The molecule has 24 heavy (non-hydrogen) atoms. The van der Waals surface area contributed by atoms with Crippen molar-refractivity contribution in [2.24, 2.45) is 0 Å². The smallest absolute Gasteiger partial charge is 0.132 e. The molecule has 0 amide bonds. The highest BCUT2D eigenvalue weighted by molar-refractivity contribution is 7.21. The van der Waals surface area contributed by atoms with E-state index in [0.29, 0.717) is 27.6 Å². The number of hydrogen-bond acceptors (Lipinski definition) is 4. The van der Waals surface area contributed by atoms with Crippen molar-refractivity contribution in [2.45, 2.75) is 0 Å². The van der Waals surface area contributed by atoms with Gasteiger partial charge in [0.1, 0.15) is 20.8 Å². The Hall–Kier alpha value is -2.43. The Bertz CT molecular complexity index is 947. The lowest BCUT2D eigenvalue weighted by Gasteiger charge is -2.20. The van der Waals surface area contributed by atoms with Crippen molar-refractivity contribution in [3.05, 3.63) is 70.1 Å². The molecule has 0 unspecified atom stereocenters. The van der Waals surface area contributed by atoms with E-state index in [2.05, 4.69) is 5.32 Å². The average Bonchev–Trinajstić information content (AvgIpc) is 2.94. The second-order valence-electron chi connectivity index (χ2n) is 5.52. The van der Waals surface area contributed by atoms with Gasteiger partial charge in [0.05, 0.1) is 5.56 Å². The van der Waals surface area contributed by atoms with Crippen LogP contribution in [0.3, 0.4) is 0 Å². The summed E-state index contributed by atoms with van der Waals surface area (Å²) in [7, 11) is 0. The summed E-state index contributed by atoms with van der Waals surface area (Å²) in [6.07, 6.45) is 0. The van der Waals surface area contributed by atoms with Crippen molar-refractivity contribution in [1.82, 2.24) is 0 Å². The van der Waals surface area contributed by atoms with Crippen LogP contribution in [0.5, 0.6) is 5.75 Å². The van der Waals surface area contributed by atoms with Gasteiger partial charge >= 0.3 is 0 Å². The van der Waals surface area contributed by atoms with E-state index in [1.54, 1.807) is 18.2 Å². The predicted molar refractivity (Wildman–Crippen MR) is 101 cm³/mol. The minimum Gasteiger partial charge on any atom is -0.507 e. The quantitative estimate of drug-likeness (QED) is 0.558. The van der Waals surface area contributed by atoms with Crippen LogP contribution in [0.15, 0.2) is 54.6 Å². The van der Waals surface area contributed by atoms with Crippen LogP contribution in [0.2, 0.25) is 4.34 Å². The fourth-order valence-corrected chi connectivity index (χ4v) is 4.35. The average molecular weight is 356 g/mol.